The van der Waals surface area contributed by atoms with Crippen LogP contribution < -0.4 is 16.2 Å². The molecule has 182 valence electrons. The Morgan fingerprint density at radius 3 is 2.50 bits per heavy atom. The number of anilines is 1. The first kappa shape index (κ1) is 22.6. The fourth-order valence-corrected chi connectivity index (χ4v) is 5.82. The molecule has 2 amide bonds. The molecule has 3 aromatic carbocycles. The van der Waals surface area contributed by atoms with Crippen molar-refractivity contribution in [3.05, 3.63) is 76.6 Å². The molecule has 9 heteroatoms. The van der Waals surface area contributed by atoms with Crippen LogP contribution in [-0.2, 0) is 4.79 Å². The monoisotopic (exact) mass is 499 g/mol. The largest absolute Gasteiger partial charge is 0.362 e. The van der Waals surface area contributed by atoms with Crippen molar-refractivity contribution in [2.24, 2.45) is 0 Å². The number of aromatic nitrogens is 2. The third-order valence-corrected chi connectivity index (χ3v) is 7.85. The molecule has 6 rings (SSSR count). The molecular formula is C27H25N5O3S. The van der Waals surface area contributed by atoms with Gasteiger partial charge in [0.05, 0.1) is 16.5 Å². The van der Waals surface area contributed by atoms with Crippen LogP contribution in [-0.4, -0.2) is 51.2 Å². The Kier molecular flexibility index (Phi) is 5.64. The molecule has 36 heavy (non-hydrogen) atoms. The van der Waals surface area contributed by atoms with E-state index in [4.69, 9.17) is 0 Å². The van der Waals surface area contributed by atoms with Crippen molar-refractivity contribution in [3.63, 3.8) is 0 Å². The van der Waals surface area contributed by atoms with E-state index in [1.165, 1.54) is 11.8 Å². The molecule has 8 nitrogen and oxygen atoms in total. The van der Waals surface area contributed by atoms with Gasteiger partial charge in [-0.3, -0.25) is 14.4 Å². The van der Waals surface area contributed by atoms with Crippen LogP contribution in [0.4, 0.5) is 5.69 Å². The Bertz CT molecular complexity index is 1560. The Balaban J connectivity index is 1.07. The van der Waals surface area contributed by atoms with E-state index >= 15 is 0 Å². The van der Waals surface area contributed by atoms with Gasteiger partial charge in [-0.25, -0.2) is 4.98 Å². The number of amides is 2. The predicted molar refractivity (Wildman–Crippen MR) is 141 cm³/mol. The molecule has 3 N–H and O–H groups in total. The summed E-state index contributed by atoms with van der Waals surface area (Å²) in [7, 11) is 0. The van der Waals surface area contributed by atoms with E-state index in [0.717, 1.165) is 16.5 Å². The molecule has 1 fully saturated rings. The number of rotatable bonds is 4. The van der Waals surface area contributed by atoms with E-state index < -0.39 is 5.66 Å². The molecule has 0 saturated carbocycles. The number of carbonyl (C=O) groups is 2. The normalized spacial score (nSPS) is 16.6. The van der Waals surface area contributed by atoms with Crippen molar-refractivity contribution >= 4 is 50.9 Å². The minimum Gasteiger partial charge on any atom is -0.362 e. The van der Waals surface area contributed by atoms with Crippen LogP contribution in [0.25, 0.3) is 21.7 Å². The number of hydrogen-bond acceptors (Lipinski definition) is 6. The average molecular weight is 500 g/mol. The summed E-state index contributed by atoms with van der Waals surface area (Å²) in [6.45, 7) is 1.12. The third kappa shape index (κ3) is 4.19. The molecule has 0 unspecified atom stereocenters. The van der Waals surface area contributed by atoms with Crippen molar-refractivity contribution in [2.45, 2.75) is 30.1 Å². The van der Waals surface area contributed by atoms with E-state index in [-0.39, 0.29) is 17.4 Å². The van der Waals surface area contributed by atoms with Gasteiger partial charge in [0.1, 0.15) is 5.66 Å². The molecule has 0 bridgehead atoms. The molecule has 1 aromatic heterocycles. The van der Waals surface area contributed by atoms with Gasteiger partial charge in [-0.15, -0.1) is 0 Å². The number of aromatic amines is 1. The van der Waals surface area contributed by atoms with Gasteiger partial charge in [0.2, 0.25) is 5.91 Å². The molecule has 1 spiro atoms. The van der Waals surface area contributed by atoms with Crippen LogP contribution in [0.15, 0.2) is 70.6 Å². The highest BCUT2D eigenvalue weighted by atomic mass is 32.2. The van der Waals surface area contributed by atoms with Crippen LogP contribution in [0.5, 0.6) is 0 Å². The van der Waals surface area contributed by atoms with Crippen LogP contribution in [0, 0.1) is 0 Å². The maximum absolute atomic E-state index is 12.9. The third-order valence-electron chi connectivity index (χ3n) is 6.97. The number of likely N-dealkylation sites (tertiary alicyclic amines) is 1. The molecule has 4 aromatic rings. The lowest BCUT2D eigenvalue weighted by atomic mass is 9.91. The zero-order valence-corrected chi connectivity index (χ0v) is 20.4. The first-order chi connectivity index (χ1) is 17.5. The molecule has 0 aliphatic carbocycles. The van der Waals surface area contributed by atoms with Gasteiger partial charge in [0.15, 0.2) is 5.16 Å². The molecule has 2 aliphatic rings. The van der Waals surface area contributed by atoms with E-state index in [1.807, 2.05) is 59.5 Å². The second kappa shape index (κ2) is 8.98. The van der Waals surface area contributed by atoms with Crippen molar-refractivity contribution in [1.29, 1.82) is 0 Å². The zero-order valence-electron chi connectivity index (χ0n) is 19.5. The van der Waals surface area contributed by atoms with E-state index in [0.29, 0.717) is 59.7 Å². The summed E-state index contributed by atoms with van der Waals surface area (Å²) >= 11 is 1.37. The number of benzene rings is 3. The number of nitrogens with zero attached hydrogens (tertiary/aromatic N) is 2. The maximum Gasteiger partial charge on any atom is 0.259 e. The van der Waals surface area contributed by atoms with E-state index in [1.54, 1.807) is 6.07 Å². The van der Waals surface area contributed by atoms with Crippen molar-refractivity contribution in [2.75, 3.05) is 24.2 Å². The van der Waals surface area contributed by atoms with Gasteiger partial charge in [-0.05, 0) is 35.0 Å². The number of para-hydroxylation sites is 1. The standard InChI is InChI=1S/C27H25N5O3S/c33-23(9-14-36-26-28-21-8-4-3-7-19(21)24(34)29-26)32-12-10-27(11-13-32)30-22-16-18-6-2-1-5-17(18)15-20(22)25(35)31-27/h1-8,15-16,30H,9-14H2,(H,31,35)(H,28,29,34). The predicted octanol–water partition coefficient (Wildman–Crippen LogP) is 3.73. The summed E-state index contributed by atoms with van der Waals surface area (Å²) in [5.41, 5.74) is 1.41. The summed E-state index contributed by atoms with van der Waals surface area (Å²) in [5.74, 6) is 0.508. The minimum absolute atomic E-state index is 0.0639. The quantitative estimate of drug-likeness (QED) is 0.292. The molecule has 3 heterocycles. The number of thioether (sulfide) groups is 1. The number of hydrogen-bond donors (Lipinski definition) is 3. The first-order valence-electron chi connectivity index (χ1n) is 12.0. The SMILES string of the molecule is O=C1NC2(CCN(C(=O)CCSc3nc4ccccc4c(=O)[nH]3)CC2)Nc2cc3ccccc3cc21. The van der Waals surface area contributed by atoms with Crippen molar-refractivity contribution < 1.29 is 9.59 Å². The highest BCUT2D eigenvalue weighted by Crippen LogP contribution is 2.34. The second-order valence-electron chi connectivity index (χ2n) is 9.27. The van der Waals surface area contributed by atoms with Gasteiger partial charge in [-0.1, -0.05) is 48.2 Å². The second-order valence-corrected chi connectivity index (χ2v) is 10.4. The average Bonchev–Trinajstić information content (AvgIpc) is 2.88. The highest BCUT2D eigenvalue weighted by Gasteiger charge is 2.41. The number of piperidine rings is 1. The van der Waals surface area contributed by atoms with Gasteiger partial charge in [0, 0.05) is 43.8 Å². The Labute approximate surface area is 211 Å². The summed E-state index contributed by atoms with van der Waals surface area (Å²) in [6.07, 6.45) is 1.61. The minimum atomic E-state index is -0.549. The van der Waals surface area contributed by atoms with Crippen molar-refractivity contribution in [1.82, 2.24) is 20.2 Å². The summed E-state index contributed by atoms with van der Waals surface area (Å²) < 4.78 is 0. The van der Waals surface area contributed by atoms with E-state index in [2.05, 4.69) is 20.6 Å². The van der Waals surface area contributed by atoms with Crippen LogP contribution in [0.2, 0.25) is 0 Å². The lowest BCUT2D eigenvalue weighted by Crippen LogP contribution is -2.62. The molecule has 2 aliphatic heterocycles. The number of fused-ring (bicyclic) bond motifs is 3. The fraction of sp³-hybridized carbons (Fsp3) is 0.259. The fourth-order valence-electron chi connectivity index (χ4n) is 5.02. The van der Waals surface area contributed by atoms with Gasteiger partial charge in [0.25, 0.3) is 11.5 Å². The molecule has 0 radical (unpaired) electrons. The summed E-state index contributed by atoms with van der Waals surface area (Å²) in [4.78, 5) is 47.2. The number of nitrogens with one attached hydrogen (secondary N) is 3. The molecule has 0 atom stereocenters. The van der Waals surface area contributed by atoms with Gasteiger partial charge >= 0.3 is 0 Å². The van der Waals surface area contributed by atoms with Gasteiger partial charge < -0.3 is 20.5 Å². The van der Waals surface area contributed by atoms with Crippen LogP contribution >= 0.6 is 11.8 Å². The van der Waals surface area contributed by atoms with Crippen LogP contribution in [0.3, 0.4) is 0 Å². The Morgan fingerprint density at radius 1 is 0.972 bits per heavy atom. The Hall–Kier alpha value is -3.85. The lowest BCUT2D eigenvalue weighted by molar-refractivity contribution is -0.132. The topological polar surface area (TPSA) is 107 Å². The molecule has 1 saturated heterocycles. The van der Waals surface area contributed by atoms with E-state index in [9.17, 15) is 14.4 Å². The summed E-state index contributed by atoms with van der Waals surface area (Å²) in [6, 6.07) is 19.2. The summed E-state index contributed by atoms with van der Waals surface area (Å²) in [5, 5.41) is 9.92. The maximum atomic E-state index is 12.9. The smallest absolute Gasteiger partial charge is 0.259 e. The zero-order chi connectivity index (χ0) is 24.7. The lowest BCUT2D eigenvalue weighted by Gasteiger charge is -2.46. The number of H-pyrrole nitrogens is 1. The number of carbonyl (C=O) groups excluding carboxylic acids is 2. The first-order valence-corrected chi connectivity index (χ1v) is 13.0. The van der Waals surface area contributed by atoms with Crippen LogP contribution in [0.1, 0.15) is 29.6 Å². The highest BCUT2D eigenvalue weighted by molar-refractivity contribution is 7.99. The Morgan fingerprint density at radius 2 is 1.69 bits per heavy atom. The van der Waals surface area contributed by atoms with Gasteiger partial charge in [-0.2, -0.15) is 0 Å². The molecular weight excluding hydrogens is 474 g/mol. The van der Waals surface area contributed by atoms with Crippen molar-refractivity contribution in [3.8, 4) is 0 Å².